The fraction of sp³-hybridized carbons (Fsp3) is 0.500. The highest BCUT2D eigenvalue weighted by molar-refractivity contribution is 6.84. The Bertz CT molecular complexity index is 465. The highest BCUT2D eigenvalue weighted by Crippen LogP contribution is 2.70. The van der Waals surface area contributed by atoms with E-state index in [0.717, 1.165) is 18.7 Å². The van der Waals surface area contributed by atoms with Gasteiger partial charge in [-0.2, -0.15) is 0 Å². The Morgan fingerprint density at radius 1 is 1.24 bits per heavy atom. The van der Waals surface area contributed by atoms with Crippen LogP contribution in [0.5, 0.6) is 0 Å². The van der Waals surface area contributed by atoms with Gasteiger partial charge in [-0.15, -0.1) is 0 Å². The van der Waals surface area contributed by atoms with Crippen molar-refractivity contribution >= 4 is 19.7 Å². The number of para-hydroxylation sites is 1. The number of carbonyl (C=O) groups excluding carboxylic acids is 1. The Labute approximate surface area is 104 Å². The van der Waals surface area contributed by atoms with Gasteiger partial charge < -0.3 is 4.90 Å². The summed E-state index contributed by atoms with van der Waals surface area (Å²) in [5.74, 6) is 1.02. The number of anilines is 1. The van der Waals surface area contributed by atoms with Gasteiger partial charge >= 0.3 is 0 Å². The van der Waals surface area contributed by atoms with Gasteiger partial charge in [-0.25, -0.2) is 0 Å². The maximum absolute atomic E-state index is 12.7. The van der Waals surface area contributed by atoms with Gasteiger partial charge in [-0.1, -0.05) is 37.8 Å². The van der Waals surface area contributed by atoms with Crippen molar-refractivity contribution in [1.29, 1.82) is 0 Å². The molecule has 1 amide bonds. The van der Waals surface area contributed by atoms with Crippen LogP contribution in [0.2, 0.25) is 24.7 Å². The molecule has 2 unspecified atom stereocenters. The summed E-state index contributed by atoms with van der Waals surface area (Å²) in [6, 6.07) is 10.1. The van der Waals surface area contributed by atoms with Crippen molar-refractivity contribution in [2.75, 3.05) is 11.4 Å². The van der Waals surface area contributed by atoms with Crippen LogP contribution in [0, 0.1) is 5.92 Å². The van der Waals surface area contributed by atoms with Crippen molar-refractivity contribution in [3.8, 4) is 0 Å². The second-order valence-electron chi connectivity index (χ2n) is 6.37. The smallest absolute Gasteiger partial charge is 0.230 e. The molecule has 1 aliphatic carbocycles. The van der Waals surface area contributed by atoms with Gasteiger partial charge in [0.05, 0.1) is 8.07 Å². The van der Waals surface area contributed by atoms with Crippen molar-refractivity contribution in [2.24, 2.45) is 5.92 Å². The Hall–Kier alpha value is -1.09. The predicted octanol–water partition coefficient (Wildman–Crippen LogP) is 3.13. The first-order valence-electron chi connectivity index (χ1n) is 6.34. The van der Waals surface area contributed by atoms with E-state index in [-0.39, 0.29) is 5.04 Å². The molecule has 1 aromatic carbocycles. The highest BCUT2D eigenvalue weighted by Gasteiger charge is 2.71. The van der Waals surface area contributed by atoms with E-state index in [1.807, 2.05) is 35.2 Å². The van der Waals surface area contributed by atoms with E-state index in [2.05, 4.69) is 19.6 Å². The number of benzene rings is 1. The molecule has 2 nitrogen and oxygen atoms in total. The zero-order chi connectivity index (χ0) is 12.3. The molecule has 2 aliphatic rings. The lowest BCUT2D eigenvalue weighted by Gasteiger charge is -2.28. The molecule has 17 heavy (non-hydrogen) atoms. The first-order chi connectivity index (χ1) is 7.97. The standard InChI is InChI=1S/C14H19NOSi/c1-17(2,3)14-9-11(14)10-15(13(14)16)12-7-5-4-6-8-12/h4-8,11H,9-10H2,1-3H3. The fourth-order valence-corrected chi connectivity index (χ4v) is 6.38. The van der Waals surface area contributed by atoms with Crippen LogP contribution in [0.3, 0.4) is 0 Å². The molecule has 0 radical (unpaired) electrons. The van der Waals surface area contributed by atoms with Gasteiger partial charge in [0.15, 0.2) is 0 Å². The molecular formula is C14H19NOSi. The van der Waals surface area contributed by atoms with Crippen LogP contribution < -0.4 is 4.90 Å². The quantitative estimate of drug-likeness (QED) is 0.733. The van der Waals surface area contributed by atoms with Crippen LogP contribution in [-0.4, -0.2) is 20.5 Å². The average molecular weight is 245 g/mol. The number of fused-ring (bicyclic) bond motifs is 1. The van der Waals surface area contributed by atoms with E-state index in [9.17, 15) is 4.79 Å². The van der Waals surface area contributed by atoms with E-state index >= 15 is 0 Å². The van der Waals surface area contributed by atoms with Crippen LogP contribution >= 0.6 is 0 Å². The van der Waals surface area contributed by atoms with Gasteiger partial charge in [-0.05, 0) is 24.5 Å². The maximum atomic E-state index is 12.7. The molecule has 1 saturated heterocycles. The molecule has 1 heterocycles. The molecule has 90 valence electrons. The molecule has 0 spiro atoms. The van der Waals surface area contributed by atoms with Crippen molar-refractivity contribution in [1.82, 2.24) is 0 Å². The summed E-state index contributed by atoms with van der Waals surface area (Å²) >= 11 is 0. The lowest BCUT2D eigenvalue weighted by atomic mass is 10.3. The summed E-state index contributed by atoms with van der Waals surface area (Å²) in [5.41, 5.74) is 1.07. The summed E-state index contributed by atoms with van der Waals surface area (Å²) in [7, 11) is -1.40. The zero-order valence-corrected chi connectivity index (χ0v) is 11.7. The molecule has 3 heteroatoms. The van der Waals surface area contributed by atoms with Gasteiger partial charge in [0.1, 0.15) is 0 Å². The number of carbonyl (C=O) groups is 1. The first-order valence-corrected chi connectivity index (χ1v) is 9.84. The summed E-state index contributed by atoms with van der Waals surface area (Å²) in [6.07, 6.45) is 1.14. The van der Waals surface area contributed by atoms with Crippen molar-refractivity contribution in [3.05, 3.63) is 30.3 Å². The third-order valence-electron chi connectivity index (χ3n) is 4.54. The van der Waals surface area contributed by atoms with Crippen molar-refractivity contribution in [3.63, 3.8) is 0 Å². The average Bonchev–Trinajstić information content (AvgIpc) is 2.95. The maximum Gasteiger partial charge on any atom is 0.230 e. The van der Waals surface area contributed by atoms with Crippen LogP contribution in [0.4, 0.5) is 5.69 Å². The highest BCUT2D eigenvalue weighted by atomic mass is 28.3. The molecule has 1 aromatic rings. The van der Waals surface area contributed by atoms with E-state index in [0.29, 0.717) is 11.8 Å². The Morgan fingerprint density at radius 2 is 1.88 bits per heavy atom. The SMILES string of the molecule is C[Si](C)(C)C12CC1CN(c1ccccc1)C2=O. The molecule has 0 N–H and O–H groups in total. The number of hydrogen-bond donors (Lipinski definition) is 0. The van der Waals surface area contributed by atoms with Crippen LogP contribution in [-0.2, 0) is 4.79 Å². The Morgan fingerprint density at radius 3 is 2.41 bits per heavy atom. The fourth-order valence-electron chi connectivity index (χ4n) is 3.43. The largest absolute Gasteiger partial charge is 0.312 e. The number of rotatable bonds is 2. The van der Waals surface area contributed by atoms with Crippen molar-refractivity contribution < 1.29 is 4.79 Å². The molecule has 2 atom stereocenters. The van der Waals surface area contributed by atoms with E-state index in [1.54, 1.807) is 0 Å². The third-order valence-corrected chi connectivity index (χ3v) is 8.04. The molecule has 3 rings (SSSR count). The second-order valence-corrected chi connectivity index (χ2v) is 11.8. The van der Waals surface area contributed by atoms with E-state index in [4.69, 9.17) is 0 Å². The number of nitrogens with zero attached hydrogens (tertiary/aromatic N) is 1. The Balaban J connectivity index is 1.93. The summed E-state index contributed by atoms with van der Waals surface area (Å²) < 4.78 is 0. The predicted molar refractivity (Wildman–Crippen MR) is 72.9 cm³/mol. The molecule has 0 bridgehead atoms. The molecule has 0 aromatic heterocycles. The second kappa shape index (κ2) is 3.22. The van der Waals surface area contributed by atoms with E-state index in [1.165, 1.54) is 0 Å². The first kappa shape index (κ1) is 11.0. The molecular weight excluding hydrogens is 226 g/mol. The van der Waals surface area contributed by atoms with Crippen LogP contribution in [0.1, 0.15) is 6.42 Å². The normalized spacial score (nSPS) is 31.6. The Kier molecular flexibility index (Phi) is 2.09. The lowest BCUT2D eigenvalue weighted by Crippen LogP contribution is -2.40. The van der Waals surface area contributed by atoms with Crippen LogP contribution in [0.25, 0.3) is 0 Å². The monoisotopic (exact) mass is 245 g/mol. The number of amides is 1. The number of piperidine rings is 1. The van der Waals surface area contributed by atoms with Crippen molar-refractivity contribution in [2.45, 2.75) is 31.1 Å². The van der Waals surface area contributed by atoms with E-state index < -0.39 is 8.07 Å². The minimum absolute atomic E-state index is 0.0584. The van der Waals surface area contributed by atoms with Gasteiger partial charge in [0, 0.05) is 17.3 Å². The summed E-state index contributed by atoms with van der Waals surface area (Å²) in [4.78, 5) is 14.7. The molecule has 1 saturated carbocycles. The minimum Gasteiger partial charge on any atom is -0.312 e. The van der Waals surface area contributed by atoms with Gasteiger partial charge in [0.25, 0.3) is 0 Å². The minimum atomic E-state index is -1.40. The van der Waals surface area contributed by atoms with Crippen LogP contribution in [0.15, 0.2) is 30.3 Å². The van der Waals surface area contributed by atoms with Gasteiger partial charge in [-0.3, -0.25) is 4.79 Å². The van der Waals surface area contributed by atoms with Gasteiger partial charge in [0.2, 0.25) is 5.91 Å². The summed E-state index contributed by atoms with van der Waals surface area (Å²) in [5, 5.41) is 0.0584. The zero-order valence-electron chi connectivity index (χ0n) is 10.7. The lowest BCUT2D eigenvalue weighted by molar-refractivity contribution is -0.118. The molecule has 2 fully saturated rings. The number of hydrogen-bond acceptors (Lipinski definition) is 1. The topological polar surface area (TPSA) is 20.3 Å². The molecule has 1 aliphatic heterocycles. The third kappa shape index (κ3) is 1.35. The summed E-state index contributed by atoms with van der Waals surface area (Å²) in [6.45, 7) is 7.94.